The molecule has 1 aromatic carbocycles. The van der Waals surface area contributed by atoms with Crippen LogP contribution in [0.5, 0.6) is 0 Å². The Morgan fingerprint density at radius 2 is 1.87 bits per heavy atom. The van der Waals surface area contributed by atoms with E-state index in [9.17, 15) is 20.2 Å². The average Bonchev–Trinajstić information content (AvgIpc) is 2.62. The van der Waals surface area contributed by atoms with E-state index in [0.717, 1.165) is 6.07 Å². The minimum absolute atomic E-state index is 0.144. The molecule has 0 aliphatic rings. The Labute approximate surface area is 88.1 Å². The molecule has 0 aliphatic carbocycles. The second-order valence-electron chi connectivity index (χ2n) is 2.61. The van der Waals surface area contributed by atoms with Crippen molar-refractivity contribution in [3.05, 3.63) is 32.4 Å². The number of hydrogen-bond acceptors (Lipinski definition) is 6. The van der Waals surface area contributed by atoms with Crippen molar-refractivity contribution in [1.29, 1.82) is 0 Å². The number of hydrogen-bond donors (Lipinski definition) is 0. The number of fused-ring (bicyclic) bond motifs is 1. The molecule has 0 unspecified atom stereocenters. The molecule has 15 heavy (non-hydrogen) atoms. The molecule has 0 atom stereocenters. The molecule has 2 aromatic rings. The second kappa shape index (κ2) is 3.37. The fourth-order valence-corrected chi connectivity index (χ4v) is 2.23. The summed E-state index contributed by atoms with van der Waals surface area (Å²) in [4.78, 5) is 19.7. The van der Waals surface area contributed by atoms with Crippen molar-refractivity contribution >= 4 is 37.4 Å². The van der Waals surface area contributed by atoms with Crippen LogP contribution < -0.4 is 0 Å². The van der Waals surface area contributed by atoms with Gasteiger partial charge in [-0.1, -0.05) is 0 Å². The van der Waals surface area contributed by atoms with Crippen molar-refractivity contribution in [2.45, 2.75) is 0 Å². The van der Waals surface area contributed by atoms with Gasteiger partial charge < -0.3 is 0 Å². The van der Waals surface area contributed by atoms with Crippen molar-refractivity contribution in [3.8, 4) is 0 Å². The Bertz CT molecular complexity index is 565. The molecule has 76 valence electrons. The summed E-state index contributed by atoms with van der Waals surface area (Å²) < 4.78 is 7.72. The molecule has 1 heterocycles. The predicted molar refractivity (Wildman–Crippen MR) is 49.8 cm³/mol. The summed E-state index contributed by atoms with van der Waals surface area (Å²) in [7, 11) is 0. The molecule has 0 bridgehead atoms. The molecule has 2 rings (SSSR count). The standard InChI is InChI=1S/C6H2N4O4Se/c11-9(12)3-1-4-6(8-15-7-4)5(2-3)10(13)14/h1-2H. The summed E-state index contributed by atoms with van der Waals surface area (Å²) in [5.74, 6) is 0. The first kappa shape index (κ1) is 9.69. The Morgan fingerprint density at radius 1 is 1.13 bits per heavy atom. The predicted octanol–water partition coefficient (Wildman–Crippen LogP) is 0.503. The van der Waals surface area contributed by atoms with Gasteiger partial charge in [-0.3, -0.25) is 0 Å². The first-order valence-electron chi connectivity index (χ1n) is 3.64. The first-order valence-corrected chi connectivity index (χ1v) is 5.18. The number of aromatic nitrogens is 2. The van der Waals surface area contributed by atoms with Crippen LogP contribution in [0.4, 0.5) is 11.4 Å². The Kier molecular flexibility index (Phi) is 2.18. The zero-order valence-corrected chi connectivity index (χ0v) is 8.70. The number of rotatable bonds is 2. The van der Waals surface area contributed by atoms with E-state index >= 15 is 0 Å². The van der Waals surface area contributed by atoms with Crippen LogP contribution in [0, 0.1) is 20.2 Å². The number of nitro groups is 2. The van der Waals surface area contributed by atoms with E-state index in [4.69, 9.17) is 0 Å². The Balaban J connectivity index is 2.80. The van der Waals surface area contributed by atoms with Gasteiger partial charge in [0.15, 0.2) is 0 Å². The van der Waals surface area contributed by atoms with Crippen molar-refractivity contribution in [2.75, 3.05) is 0 Å². The van der Waals surface area contributed by atoms with Crippen LogP contribution in [0.3, 0.4) is 0 Å². The van der Waals surface area contributed by atoms with Gasteiger partial charge in [0.05, 0.1) is 0 Å². The maximum absolute atomic E-state index is 10.6. The third-order valence-electron chi connectivity index (χ3n) is 1.73. The topological polar surface area (TPSA) is 112 Å². The van der Waals surface area contributed by atoms with Gasteiger partial charge in [0.2, 0.25) is 0 Å². The van der Waals surface area contributed by atoms with Gasteiger partial charge in [0, 0.05) is 0 Å². The molecule has 0 saturated heterocycles. The van der Waals surface area contributed by atoms with E-state index < -0.39 is 24.8 Å². The molecule has 0 N–H and O–H groups in total. The van der Waals surface area contributed by atoms with Crippen LogP contribution in [0.1, 0.15) is 0 Å². The second-order valence-corrected chi connectivity index (χ2v) is 3.72. The molecular formula is C6H2N4O4Se. The SMILES string of the molecule is O=[N+]([O-])c1cc([N+](=O)[O-])c2n[se]nc2c1. The summed E-state index contributed by atoms with van der Waals surface area (Å²) >= 11 is -0.442. The van der Waals surface area contributed by atoms with Gasteiger partial charge in [0.1, 0.15) is 0 Å². The van der Waals surface area contributed by atoms with Crippen molar-refractivity contribution < 1.29 is 9.85 Å². The fourth-order valence-electron chi connectivity index (χ4n) is 1.10. The summed E-state index contributed by atoms with van der Waals surface area (Å²) in [6.45, 7) is 0. The third-order valence-corrected chi connectivity index (χ3v) is 2.87. The normalized spacial score (nSPS) is 10.4. The van der Waals surface area contributed by atoms with Gasteiger partial charge in [-0.25, -0.2) is 0 Å². The number of non-ortho nitro benzene ring substituents is 2. The number of benzene rings is 1. The maximum atomic E-state index is 10.6. The number of nitrogens with zero attached hydrogens (tertiary/aromatic N) is 4. The minimum atomic E-state index is -0.688. The van der Waals surface area contributed by atoms with E-state index in [2.05, 4.69) is 7.96 Å². The quantitative estimate of drug-likeness (QED) is 0.447. The van der Waals surface area contributed by atoms with E-state index in [0.29, 0.717) is 0 Å². The molecule has 9 heteroatoms. The average molecular weight is 273 g/mol. The molecule has 0 saturated carbocycles. The van der Waals surface area contributed by atoms with Crippen LogP contribution in [-0.2, 0) is 0 Å². The van der Waals surface area contributed by atoms with Crippen molar-refractivity contribution in [1.82, 2.24) is 7.96 Å². The van der Waals surface area contributed by atoms with Crippen LogP contribution in [0.25, 0.3) is 11.0 Å². The molecule has 0 aliphatic heterocycles. The van der Waals surface area contributed by atoms with Crippen LogP contribution >= 0.6 is 0 Å². The molecular weight excluding hydrogens is 271 g/mol. The van der Waals surface area contributed by atoms with Crippen LogP contribution in [0.2, 0.25) is 0 Å². The van der Waals surface area contributed by atoms with E-state index in [1.54, 1.807) is 0 Å². The molecule has 8 nitrogen and oxygen atoms in total. The third kappa shape index (κ3) is 1.58. The Morgan fingerprint density at radius 3 is 2.47 bits per heavy atom. The monoisotopic (exact) mass is 274 g/mol. The fraction of sp³-hybridized carbons (Fsp3) is 0. The zero-order valence-electron chi connectivity index (χ0n) is 6.98. The summed E-state index contributed by atoms with van der Waals surface area (Å²) in [5, 5.41) is 21.1. The van der Waals surface area contributed by atoms with Gasteiger partial charge in [0.25, 0.3) is 0 Å². The van der Waals surface area contributed by atoms with Crippen molar-refractivity contribution in [2.24, 2.45) is 0 Å². The molecule has 0 radical (unpaired) electrons. The van der Waals surface area contributed by atoms with E-state index in [1.165, 1.54) is 6.07 Å². The first-order chi connectivity index (χ1) is 7.09. The van der Waals surface area contributed by atoms with Crippen LogP contribution in [-0.4, -0.2) is 32.8 Å². The zero-order chi connectivity index (χ0) is 11.0. The molecule has 0 fully saturated rings. The molecule has 0 amide bonds. The van der Waals surface area contributed by atoms with E-state index in [1.807, 2.05) is 0 Å². The summed E-state index contributed by atoms with van der Waals surface area (Å²) in [6.07, 6.45) is 0. The van der Waals surface area contributed by atoms with Gasteiger partial charge >= 0.3 is 87.5 Å². The van der Waals surface area contributed by atoms with Crippen molar-refractivity contribution in [3.63, 3.8) is 0 Å². The Hall–Kier alpha value is -1.86. The number of nitro benzene ring substituents is 2. The summed E-state index contributed by atoms with van der Waals surface area (Å²) in [5.41, 5.74) is -0.319. The summed E-state index contributed by atoms with van der Waals surface area (Å²) in [6, 6.07) is 2.10. The molecule has 0 spiro atoms. The van der Waals surface area contributed by atoms with Crippen LogP contribution in [0.15, 0.2) is 12.1 Å². The van der Waals surface area contributed by atoms with E-state index in [-0.39, 0.29) is 22.4 Å². The molecule has 1 aromatic heterocycles. The van der Waals surface area contributed by atoms with Gasteiger partial charge in [-0.2, -0.15) is 0 Å². The van der Waals surface area contributed by atoms with Gasteiger partial charge in [-0.15, -0.1) is 0 Å². The van der Waals surface area contributed by atoms with Gasteiger partial charge in [-0.05, 0) is 0 Å².